The fourth-order valence-electron chi connectivity index (χ4n) is 2.49. The van der Waals surface area contributed by atoms with E-state index in [9.17, 15) is 4.79 Å². The van der Waals surface area contributed by atoms with Crippen LogP contribution in [0.25, 0.3) is 10.2 Å². The van der Waals surface area contributed by atoms with Crippen molar-refractivity contribution in [3.63, 3.8) is 0 Å². The number of nitrogens with one attached hydrogen (secondary N) is 1. The van der Waals surface area contributed by atoms with E-state index in [2.05, 4.69) is 29.1 Å². The van der Waals surface area contributed by atoms with Crippen LogP contribution in [-0.4, -0.2) is 35.8 Å². The number of rotatable bonds is 6. The van der Waals surface area contributed by atoms with Crippen molar-refractivity contribution in [3.05, 3.63) is 35.0 Å². The van der Waals surface area contributed by atoms with Crippen molar-refractivity contribution >= 4 is 44.9 Å². The molecular weight excluding hydrogens is 370 g/mol. The number of carbonyl (C=O) groups excluding carboxylic acids is 1. The van der Waals surface area contributed by atoms with Crippen LogP contribution in [0.15, 0.2) is 29.6 Å². The van der Waals surface area contributed by atoms with Crippen molar-refractivity contribution in [1.82, 2.24) is 9.97 Å². The summed E-state index contributed by atoms with van der Waals surface area (Å²) in [7, 11) is 3.14. The molecule has 0 spiro atoms. The molecule has 0 fully saturated rings. The van der Waals surface area contributed by atoms with Gasteiger partial charge in [0.05, 0.1) is 25.7 Å². The second-order valence-corrected chi connectivity index (χ2v) is 7.71. The molecule has 1 aromatic carbocycles. The van der Waals surface area contributed by atoms with Crippen LogP contribution in [0, 0.1) is 13.8 Å². The zero-order valence-corrected chi connectivity index (χ0v) is 16.6. The molecule has 8 heteroatoms. The first-order chi connectivity index (χ1) is 12.5. The van der Waals surface area contributed by atoms with Crippen molar-refractivity contribution in [2.24, 2.45) is 0 Å². The summed E-state index contributed by atoms with van der Waals surface area (Å²) >= 11 is 3.04. The van der Waals surface area contributed by atoms with E-state index in [1.54, 1.807) is 50.1 Å². The van der Waals surface area contributed by atoms with Gasteiger partial charge in [-0.3, -0.25) is 4.79 Å². The molecule has 0 unspecified atom stereocenters. The molecule has 3 aromatic rings. The smallest absolute Gasteiger partial charge is 0.234 e. The number of methoxy groups -OCH3 is 2. The molecular formula is C18H19N3O3S2. The lowest BCUT2D eigenvalue weighted by Gasteiger charge is -2.11. The lowest BCUT2D eigenvalue weighted by atomic mass is 10.2. The quantitative estimate of drug-likeness (QED) is 0.506. The predicted molar refractivity (Wildman–Crippen MR) is 106 cm³/mol. The van der Waals surface area contributed by atoms with E-state index in [-0.39, 0.29) is 11.7 Å². The molecule has 0 aliphatic carbocycles. The average molecular weight is 390 g/mol. The van der Waals surface area contributed by atoms with Crippen LogP contribution in [0.2, 0.25) is 0 Å². The number of thiophene rings is 1. The Morgan fingerprint density at radius 1 is 1.23 bits per heavy atom. The number of hydrogen-bond donors (Lipinski definition) is 1. The van der Waals surface area contributed by atoms with Crippen LogP contribution in [0.5, 0.6) is 11.5 Å². The summed E-state index contributed by atoms with van der Waals surface area (Å²) in [5.74, 6) is 1.33. The van der Waals surface area contributed by atoms with Gasteiger partial charge in [0.25, 0.3) is 0 Å². The molecule has 2 aromatic heterocycles. The number of amides is 1. The fraction of sp³-hybridized carbons (Fsp3) is 0.278. The minimum atomic E-state index is -0.141. The Kier molecular flexibility index (Phi) is 5.63. The largest absolute Gasteiger partial charge is 0.497 e. The van der Waals surface area contributed by atoms with Gasteiger partial charge >= 0.3 is 0 Å². The zero-order valence-electron chi connectivity index (χ0n) is 15.0. The lowest BCUT2D eigenvalue weighted by Crippen LogP contribution is -2.15. The normalized spacial score (nSPS) is 10.8. The maximum absolute atomic E-state index is 12.4. The van der Waals surface area contributed by atoms with Crippen LogP contribution in [0.4, 0.5) is 5.69 Å². The van der Waals surface area contributed by atoms with Crippen molar-refractivity contribution in [2.75, 3.05) is 25.3 Å². The van der Waals surface area contributed by atoms with E-state index in [0.717, 1.165) is 15.2 Å². The molecule has 0 saturated carbocycles. The van der Waals surface area contributed by atoms with Gasteiger partial charge in [0, 0.05) is 16.3 Å². The third-order valence-corrected chi connectivity index (χ3v) is 6.06. The minimum Gasteiger partial charge on any atom is -0.497 e. The van der Waals surface area contributed by atoms with Gasteiger partial charge in [-0.1, -0.05) is 11.8 Å². The monoisotopic (exact) mass is 389 g/mol. The molecule has 136 valence electrons. The van der Waals surface area contributed by atoms with Gasteiger partial charge in [0.2, 0.25) is 5.91 Å². The Bertz CT molecular complexity index is 956. The highest BCUT2D eigenvalue weighted by molar-refractivity contribution is 8.00. The molecule has 1 N–H and O–H groups in total. The van der Waals surface area contributed by atoms with Crippen LogP contribution in [-0.2, 0) is 4.79 Å². The van der Waals surface area contributed by atoms with E-state index in [1.165, 1.54) is 22.2 Å². The number of carbonyl (C=O) groups is 1. The summed E-state index contributed by atoms with van der Waals surface area (Å²) in [4.78, 5) is 23.3. The fourth-order valence-corrected chi connectivity index (χ4v) is 4.41. The highest BCUT2D eigenvalue weighted by Gasteiger charge is 2.15. The zero-order chi connectivity index (χ0) is 18.7. The first-order valence-electron chi connectivity index (χ1n) is 7.89. The highest BCUT2D eigenvalue weighted by Crippen LogP contribution is 2.34. The van der Waals surface area contributed by atoms with Crippen molar-refractivity contribution < 1.29 is 14.3 Å². The van der Waals surface area contributed by atoms with Gasteiger partial charge in [-0.15, -0.1) is 11.3 Å². The van der Waals surface area contributed by atoms with Crippen molar-refractivity contribution in [1.29, 1.82) is 0 Å². The SMILES string of the molecule is COc1ccc(OC)c(NC(=O)CSc2ncnc3sc(C)c(C)c23)c1. The maximum Gasteiger partial charge on any atom is 0.234 e. The molecule has 3 rings (SSSR count). The molecule has 2 heterocycles. The van der Waals surface area contributed by atoms with Crippen LogP contribution in [0.3, 0.4) is 0 Å². The molecule has 26 heavy (non-hydrogen) atoms. The number of aryl methyl sites for hydroxylation is 2. The molecule has 0 saturated heterocycles. The Labute approximate surface area is 160 Å². The number of benzene rings is 1. The van der Waals surface area contributed by atoms with Crippen LogP contribution in [0.1, 0.15) is 10.4 Å². The van der Waals surface area contributed by atoms with Crippen LogP contribution >= 0.6 is 23.1 Å². The second kappa shape index (κ2) is 7.92. The maximum atomic E-state index is 12.4. The Hall–Kier alpha value is -2.32. The van der Waals surface area contributed by atoms with Gasteiger partial charge < -0.3 is 14.8 Å². The third kappa shape index (κ3) is 3.76. The summed E-state index contributed by atoms with van der Waals surface area (Å²) < 4.78 is 10.5. The van der Waals surface area contributed by atoms with Gasteiger partial charge in [-0.05, 0) is 31.5 Å². The molecule has 0 bridgehead atoms. The van der Waals surface area contributed by atoms with Crippen molar-refractivity contribution in [2.45, 2.75) is 18.9 Å². The Balaban J connectivity index is 1.74. The summed E-state index contributed by atoms with van der Waals surface area (Å²) in [5.41, 5.74) is 1.75. The molecule has 0 aliphatic rings. The van der Waals surface area contributed by atoms with Crippen LogP contribution < -0.4 is 14.8 Å². The number of ether oxygens (including phenoxy) is 2. The molecule has 1 amide bonds. The lowest BCUT2D eigenvalue weighted by molar-refractivity contribution is -0.113. The number of nitrogens with zero attached hydrogens (tertiary/aromatic N) is 2. The van der Waals surface area contributed by atoms with E-state index in [0.29, 0.717) is 17.2 Å². The van der Waals surface area contributed by atoms with E-state index < -0.39 is 0 Å². The summed E-state index contributed by atoms with van der Waals surface area (Å²) in [6.45, 7) is 4.13. The third-order valence-electron chi connectivity index (χ3n) is 3.95. The molecule has 0 atom stereocenters. The van der Waals surface area contributed by atoms with Gasteiger partial charge in [0.1, 0.15) is 27.7 Å². The first kappa shape index (κ1) is 18.5. The van der Waals surface area contributed by atoms with Crippen molar-refractivity contribution in [3.8, 4) is 11.5 Å². The average Bonchev–Trinajstić information content (AvgIpc) is 2.94. The van der Waals surface area contributed by atoms with Gasteiger partial charge in [-0.2, -0.15) is 0 Å². The van der Waals surface area contributed by atoms with E-state index in [1.807, 2.05) is 0 Å². The predicted octanol–water partition coefficient (Wildman–Crippen LogP) is 4.06. The van der Waals surface area contributed by atoms with Gasteiger partial charge in [-0.25, -0.2) is 9.97 Å². The Morgan fingerprint density at radius 2 is 2.04 bits per heavy atom. The number of anilines is 1. The number of thioether (sulfide) groups is 1. The topological polar surface area (TPSA) is 73.3 Å². The standard InChI is InChI=1S/C18H19N3O3S2/c1-10-11(2)26-18-16(10)17(19-9-20-18)25-8-15(22)21-13-7-12(23-3)5-6-14(13)24-4/h5-7,9H,8H2,1-4H3,(H,21,22). The van der Waals surface area contributed by atoms with E-state index >= 15 is 0 Å². The summed E-state index contributed by atoms with van der Waals surface area (Å²) in [6.07, 6.45) is 1.54. The molecule has 0 aliphatic heterocycles. The second-order valence-electron chi connectivity index (χ2n) is 5.55. The number of aromatic nitrogens is 2. The summed E-state index contributed by atoms with van der Waals surface area (Å²) in [6, 6.07) is 5.27. The summed E-state index contributed by atoms with van der Waals surface area (Å²) in [5, 5.41) is 4.73. The number of fused-ring (bicyclic) bond motifs is 1. The number of hydrogen-bond acceptors (Lipinski definition) is 7. The minimum absolute atomic E-state index is 0.141. The molecule has 6 nitrogen and oxygen atoms in total. The molecule has 0 radical (unpaired) electrons. The first-order valence-corrected chi connectivity index (χ1v) is 9.69. The highest BCUT2D eigenvalue weighted by atomic mass is 32.2. The Morgan fingerprint density at radius 3 is 2.77 bits per heavy atom. The van der Waals surface area contributed by atoms with E-state index in [4.69, 9.17) is 9.47 Å². The van der Waals surface area contributed by atoms with Gasteiger partial charge in [0.15, 0.2) is 0 Å².